The van der Waals surface area contributed by atoms with Crippen LogP contribution in [0.25, 0.3) is 6.08 Å². The Bertz CT molecular complexity index is 1320. The van der Waals surface area contributed by atoms with Crippen molar-refractivity contribution in [1.82, 2.24) is 19.8 Å². The van der Waals surface area contributed by atoms with E-state index >= 15 is 0 Å². The van der Waals surface area contributed by atoms with Gasteiger partial charge in [0.2, 0.25) is 0 Å². The number of fused-ring (bicyclic) bond motifs is 1. The van der Waals surface area contributed by atoms with Crippen molar-refractivity contribution >= 4 is 29.3 Å². The summed E-state index contributed by atoms with van der Waals surface area (Å²) in [6, 6.07) is 11.0. The molecule has 2 amide bonds. The van der Waals surface area contributed by atoms with Gasteiger partial charge in [-0.15, -0.1) is 0 Å². The number of amides is 2. The first-order valence-electron chi connectivity index (χ1n) is 11.4. The number of carbonyl (C=O) groups excluding carboxylic acids is 2. The summed E-state index contributed by atoms with van der Waals surface area (Å²) in [6.45, 7) is 1.20. The fourth-order valence-electron chi connectivity index (χ4n) is 4.48. The van der Waals surface area contributed by atoms with E-state index < -0.39 is 17.6 Å². The Hall–Kier alpha value is -4.21. The van der Waals surface area contributed by atoms with Gasteiger partial charge in [0.15, 0.2) is 0 Å². The molecule has 0 atom stereocenters. The van der Waals surface area contributed by atoms with Crippen molar-refractivity contribution in [3.63, 3.8) is 0 Å². The number of aromatic nitrogens is 2. The van der Waals surface area contributed by atoms with E-state index in [1.807, 2.05) is 24.3 Å². The van der Waals surface area contributed by atoms with Gasteiger partial charge in [-0.1, -0.05) is 30.4 Å². The van der Waals surface area contributed by atoms with Gasteiger partial charge in [-0.3, -0.25) is 14.6 Å². The minimum absolute atomic E-state index is 0.00441. The summed E-state index contributed by atoms with van der Waals surface area (Å²) in [7, 11) is 0. The fraction of sp³-hybridized carbons (Fsp3) is 0.231. The molecule has 10 heteroatoms. The average molecular weight is 493 g/mol. The third kappa shape index (κ3) is 4.53. The lowest BCUT2D eigenvalue weighted by molar-refractivity contribution is -0.137. The van der Waals surface area contributed by atoms with Gasteiger partial charge in [0.25, 0.3) is 11.8 Å². The molecule has 1 fully saturated rings. The van der Waals surface area contributed by atoms with Crippen LogP contribution in [0.5, 0.6) is 0 Å². The Balaban J connectivity index is 1.36. The van der Waals surface area contributed by atoms with Crippen LogP contribution in [0.2, 0.25) is 0 Å². The van der Waals surface area contributed by atoms with Crippen LogP contribution in [0.4, 0.5) is 24.5 Å². The average Bonchev–Trinajstić information content (AvgIpc) is 2.92. The second kappa shape index (κ2) is 9.44. The number of carbonyl (C=O) groups is 2. The zero-order chi connectivity index (χ0) is 25.3. The maximum Gasteiger partial charge on any atom is 0.418 e. The Labute approximate surface area is 205 Å². The van der Waals surface area contributed by atoms with E-state index in [1.54, 1.807) is 21.9 Å². The molecule has 3 aromatic rings. The minimum Gasteiger partial charge on any atom is -0.337 e. The second-order valence-corrected chi connectivity index (χ2v) is 8.48. The van der Waals surface area contributed by atoms with Gasteiger partial charge >= 0.3 is 6.18 Å². The highest BCUT2D eigenvalue weighted by Gasteiger charge is 2.37. The first-order chi connectivity index (χ1) is 17.3. The molecule has 0 saturated carbocycles. The molecule has 0 aliphatic carbocycles. The molecule has 36 heavy (non-hydrogen) atoms. The Morgan fingerprint density at radius 3 is 2.28 bits per heavy atom. The van der Waals surface area contributed by atoms with E-state index in [2.05, 4.69) is 9.97 Å². The highest BCUT2D eigenvalue weighted by Crippen LogP contribution is 2.41. The third-order valence-corrected chi connectivity index (χ3v) is 6.29. The van der Waals surface area contributed by atoms with Crippen LogP contribution >= 0.6 is 0 Å². The minimum atomic E-state index is -4.65. The monoisotopic (exact) mass is 493 g/mol. The lowest BCUT2D eigenvalue weighted by Gasteiger charge is -2.35. The zero-order valence-electron chi connectivity index (χ0n) is 19.2. The van der Waals surface area contributed by atoms with Crippen LogP contribution in [-0.2, 0) is 6.18 Å². The Kier molecular flexibility index (Phi) is 6.17. The van der Waals surface area contributed by atoms with Gasteiger partial charge in [0.1, 0.15) is 5.69 Å². The number of piperazine rings is 1. The number of benzene rings is 2. The number of anilines is 2. The lowest BCUT2D eigenvalue weighted by atomic mass is 10.0. The van der Waals surface area contributed by atoms with E-state index in [9.17, 15) is 22.8 Å². The molecule has 0 unspecified atom stereocenters. The van der Waals surface area contributed by atoms with Gasteiger partial charge in [-0.2, -0.15) is 13.2 Å². The van der Waals surface area contributed by atoms with E-state index in [-0.39, 0.29) is 55.6 Å². The zero-order valence-corrected chi connectivity index (χ0v) is 19.2. The molecule has 0 N–H and O–H groups in total. The highest BCUT2D eigenvalue weighted by molar-refractivity contribution is 5.96. The first-order valence-corrected chi connectivity index (χ1v) is 11.4. The molecule has 2 aromatic carbocycles. The standard InChI is InChI=1S/C26H22F3N5O2/c27-26(28,29)20-16-19(7-8-23(20)34-11-3-5-18-4-1-2-6-22(18)34)24(35)32-12-14-33(15-13-32)25(36)21-17-30-9-10-31-21/h1-10,16-17H,11-15H2. The van der Waals surface area contributed by atoms with Crippen LogP contribution in [0, 0.1) is 0 Å². The predicted octanol–water partition coefficient (Wildman–Crippen LogP) is 4.26. The summed E-state index contributed by atoms with van der Waals surface area (Å²) in [4.78, 5) is 38.2. The number of hydrogen-bond donors (Lipinski definition) is 0. The normalized spacial score (nSPS) is 15.6. The van der Waals surface area contributed by atoms with Crippen molar-refractivity contribution in [3.05, 3.63) is 89.5 Å². The van der Waals surface area contributed by atoms with E-state index in [0.717, 1.165) is 11.6 Å². The molecule has 3 heterocycles. The summed E-state index contributed by atoms with van der Waals surface area (Å²) >= 11 is 0. The number of hydrogen-bond acceptors (Lipinski definition) is 5. The molecule has 2 aliphatic heterocycles. The van der Waals surface area contributed by atoms with Crippen molar-refractivity contribution in [2.24, 2.45) is 0 Å². The Morgan fingerprint density at radius 2 is 1.58 bits per heavy atom. The number of para-hydroxylation sites is 1. The smallest absolute Gasteiger partial charge is 0.337 e. The molecule has 1 saturated heterocycles. The third-order valence-electron chi connectivity index (χ3n) is 6.29. The first kappa shape index (κ1) is 23.5. The summed E-state index contributed by atoms with van der Waals surface area (Å²) in [5.41, 5.74) is 0.794. The van der Waals surface area contributed by atoms with Crippen LogP contribution in [0.15, 0.2) is 67.1 Å². The molecular formula is C26H22F3N5O2. The summed E-state index contributed by atoms with van der Waals surface area (Å²) in [6.07, 6.45) is 3.30. The highest BCUT2D eigenvalue weighted by atomic mass is 19.4. The van der Waals surface area contributed by atoms with Gasteiger partial charge in [0, 0.05) is 56.4 Å². The van der Waals surface area contributed by atoms with E-state index in [1.165, 1.54) is 35.6 Å². The van der Waals surface area contributed by atoms with Crippen molar-refractivity contribution in [2.45, 2.75) is 6.18 Å². The van der Waals surface area contributed by atoms with E-state index in [4.69, 9.17) is 0 Å². The molecule has 5 rings (SSSR count). The van der Waals surface area contributed by atoms with Crippen LogP contribution in [-0.4, -0.2) is 64.3 Å². The SMILES string of the molecule is O=C(c1ccc(N2CC=Cc3ccccc32)c(C(F)(F)F)c1)N1CCN(C(=O)c2cnccn2)CC1. The van der Waals surface area contributed by atoms with Crippen molar-refractivity contribution in [3.8, 4) is 0 Å². The Morgan fingerprint density at radius 1 is 0.861 bits per heavy atom. The molecule has 184 valence electrons. The van der Waals surface area contributed by atoms with Crippen molar-refractivity contribution in [2.75, 3.05) is 37.6 Å². The second-order valence-electron chi connectivity index (χ2n) is 8.48. The molecule has 2 aliphatic rings. The van der Waals surface area contributed by atoms with E-state index in [0.29, 0.717) is 5.69 Å². The number of rotatable bonds is 3. The van der Waals surface area contributed by atoms with Gasteiger partial charge in [0.05, 0.1) is 17.4 Å². The number of alkyl halides is 3. The molecule has 0 spiro atoms. The van der Waals surface area contributed by atoms with Crippen LogP contribution in [0.3, 0.4) is 0 Å². The predicted molar refractivity (Wildman–Crippen MR) is 128 cm³/mol. The summed E-state index contributed by atoms with van der Waals surface area (Å²) in [5.74, 6) is -0.799. The molecule has 0 bridgehead atoms. The van der Waals surface area contributed by atoms with Crippen LogP contribution in [0.1, 0.15) is 32.0 Å². The molecule has 7 nitrogen and oxygen atoms in total. The number of nitrogens with zero attached hydrogens (tertiary/aromatic N) is 5. The molecular weight excluding hydrogens is 471 g/mol. The van der Waals surface area contributed by atoms with Crippen molar-refractivity contribution < 1.29 is 22.8 Å². The lowest BCUT2D eigenvalue weighted by Crippen LogP contribution is -2.50. The maximum absolute atomic E-state index is 14.1. The van der Waals surface area contributed by atoms with Gasteiger partial charge in [-0.05, 0) is 29.8 Å². The largest absolute Gasteiger partial charge is 0.418 e. The quantitative estimate of drug-likeness (QED) is 0.546. The van der Waals surface area contributed by atoms with Crippen molar-refractivity contribution in [1.29, 1.82) is 0 Å². The molecule has 0 radical (unpaired) electrons. The fourth-order valence-corrected chi connectivity index (χ4v) is 4.48. The van der Waals surface area contributed by atoms with Crippen LogP contribution < -0.4 is 4.90 Å². The molecule has 1 aromatic heterocycles. The van der Waals surface area contributed by atoms with Gasteiger partial charge < -0.3 is 14.7 Å². The summed E-state index contributed by atoms with van der Waals surface area (Å²) < 4.78 is 42.4. The topological polar surface area (TPSA) is 69.6 Å². The maximum atomic E-state index is 14.1. The van der Waals surface area contributed by atoms with Gasteiger partial charge in [-0.25, -0.2) is 4.98 Å². The number of halogens is 3. The summed E-state index contributed by atoms with van der Waals surface area (Å²) in [5, 5.41) is 0.